The van der Waals surface area contributed by atoms with Crippen LogP contribution in [0.5, 0.6) is 11.6 Å². The first-order valence-corrected chi connectivity index (χ1v) is 8.37. The van der Waals surface area contributed by atoms with Crippen molar-refractivity contribution in [3.05, 3.63) is 88.5 Å². The van der Waals surface area contributed by atoms with Gasteiger partial charge in [0, 0.05) is 17.7 Å². The third kappa shape index (κ3) is 3.32. The Labute approximate surface area is 155 Å². The molecule has 0 aliphatic rings. The van der Waals surface area contributed by atoms with E-state index in [0.717, 1.165) is 22.0 Å². The summed E-state index contributed by atoms with van der Waals surface area (Å²) >= 11 is 0. The highest BCUT2D eigenvalue weighted by molar-refractivity contribution is 5.85. The Bertz CT molecular complexity index is 1140. The summed E-state index contributed by atoms with van der Waals surface area (Å²) in [5.41, 5.74) is 2.77. The number of nitro groups is 1. The molecule has 0 aliphatic carbocycles. The maximum Gasteiger partial charge on any atom is 0.269 e. The van der Waals surface area contributed by atoms with E-state index in [1.165, 1.54) is 12.1 Å². The number of hydrogen-bond acceptors (Lipinski definition) is 5. The molecular weight excluding hydrogens is 342 g/mol. The fourth-order valence-corrected chi connectivity index (χ4v) is 2.82. The predicted octanol–water partition coefficient (Wildman–Crippen LogP) is 5.31. The van der Waals surface area contributed by atoms with Crippen LogP contribution >= 0.6 is 0 Å². The van der Waals surface area contributed by atoms with E-state index >= 15 is 0 Å². The number of nitrogens with zero attached hydrogens (tertiary/aromatic N) is 3. The van der Waals surface area contributed by atoms with E-state index in [0.29, 0.717) is 17.5 Å². The molecule has 27 heavy (non-hydrogen) atoms. The van der Waals surface area contributed by atoms with Gasteiger partial charge in [-0.2, -0.15) is 4.98 Å². The van der Waals surface area contributed by atoms with Crippen molar-refractivity contribution in [2.24, 2.45) is 0 Å². The van der Waals surface area contributed by atoms with E-state index in [9.17, 15) is 10.1 Å². The van der Waals surface area contributed by atoms with Crippen LogP contribution in [0.1, 0.15) is 5.56 Å². The average Bonchev–Trinajstić information content (AvgIpc) is 2.68. The molecule has 0 saturated heterocycles. The van der Waals surface area contributed by atoms with E-state index in [1.54, 1.807) is 12.1 Å². The molecule has 132 valence electrons. The molecule has 0 atom stereocenters. The van der Waals surface area contributed by atoms with Crippen LogP contribution < -0.4 is 4.74 Å². The number of non-ortho nitro benzene ring substituents is 1. The quantitative estimate of drug-likeness (QED) is 0.365. The molecule has 6 nitrogen and oxygen atoms in total. The average molecular weight is 357 g/mol. The van der Waals surface area contributed by atoms with Gasteiger partial charge in [-0.3, -0.25) is 10.1 Å². The lowest BCUT2D eigenvalue weighted by atomic mass is 10.1. The minimum Gasteiger partial charge on any atom is -0.438 e. The number of benzene rings is 3. The molecule has 0 bridgehead atoms. The van der Waals surface area contributed by atoms with Crippen molar-refractivity contribution >= 4 is 16.6 Å². The summed E-state index contributed by atoms with van der Waals surface area (Å²) < 4.78 is 5.95. The van der Waals surface area contributed by atoms with E-state index in [1.807, 2.05) is 55.5 Å². The van der Waals surface area contributed by atoms with E-state index in [-0.39, 0.29) is 5.69 Å². The molecule has 0 saturated carbocycles. The van der Waals surface area contributed by atoms with Gasteiger partial charge in [0.2, 0.25) is 5.88 Å². The Morgan fingerprint density at radius 2 is 1.59 bits per heavy atom. The Morgan fingerprint density at radius 1 is 0.889 bits per heavy atom. The summed E-state index contributed by atoms with van der Waals surface area (Å²) in [6, 6.07) is 21.4. The third-order valence-corrected chi connectivity index (χ3v) is 4.22. The maximum atomic E-state index is 10.8. The highest BCUT2D eigenvalue weighted by Gasteiger charge is 2.13. The molecule has 0 unspecified atom stereocenters. The first kappa shape index (κ1) is 16.7. The molecule has 6 heteroatoms. The van der Waals surface area contributed by atoms with E-state index in [4.69, 9.17) is 4.74 Å². The van der Waals surface area contributed by atoms with Crippen LogP contribution in [0, 0.1) is 17.0 Å². The van der Waals surface area contributed by atoms with Crippen LogP contribution in [0.2, 0.25) is 0 Å². The van der Waals surface area contributed by atoms with Crippen molar-refractivity contribution in [3.63, 3.8) is 0 Å². The zero-order chi connectivity index (χ0) is 18.8. The number of aryl methyl sites for hydroxylation is 1. The number of rotatable bonds is 4. The van der Waals surface area contributed by atoms with Gasteiger partial charge in [-0.25, -0.2) is 4.98 Å². The van der Waals surface area contributed by atoms with E-state index < -0.39 is 4.92 Å². The molecule has 0 amide bonds. The van der Waals surface area contributed by atoms with Crippen molar-refractivity contribution in [1.29, 1.82) is 0 Å². The molecule has 3 aromatic carbocycles. The van der Waals surface area contributed by atoms with Crippen molar-refractivity contribution in [3.8, 4) is 23.0 Å². The van der Waals surface area contributed by atoms with Crippen LogP contribution in [0.3, 0.4) is 0 Å². The Kier molecular flexibility index (Phi) is 4.22. The Morgan fingerprint density at radius 3 is 2.33 bits per heavy atom. The smallest absolute Gasteiger partial charge is 0.269 e. The summed E-state index contributed by atoms with van der Waals surface area (Å²) in [6.45, 7) is 2.00. The second-order valence-electron chi connectivity index (χ2n) is 6.04. The third-order valence-electron chi connectivity index (χ3n) is 4.22. The zero-order valence-corrected chi connectivity index (χ0v) is 14.5. The summed E-state index contributed by atoms with van der Waals surface area (Å²) in [5.74, 6) is 1.46. The molecule has 4 rings (SSSR count). The Balaban J connectivity index is 1.81. The topological polar surface area (TPSA) is 78.2 Å². The lowest BCUT2D eigenvalue weighted by Gasteiger charge is -2.11. The number of ether oxygens (including phenoxy) is 1. The van der Waals surface area contributed by atoms with Gasteiger partial charge in [-0.05, 0) is 36.8 Å². The minimum absolute atomic E-state index is 0.00972. The van der Waals surface area contributed by atoms with Gasteiger partial charge in [-0.1, -0.05) is 36.4 Å². The lowest BCUT2D eigenvalue weighted by Crippen LogP contribution is -1.97. The van der Waals surface area contributed by atoms with Crippen LogP contribution in [-0.4, -0.2) is 14.9 Å². The number of nitro benzene ring substituents is 1. The second-order valence-corrected chi connectivity index (χ2v) is 6.04. The van der Waals surface area contributed by atoms with Gasteiger partial charge in [0.1, 0.15) is 5.75 Å². The van der Waals surface area contributed by atoms with Crippen LogP contribution in [-0.2, 0) is 0 Å². The Hall–Kier alpha value is -3.80. The number of aromatic nitrogens is 2. The second kappa shape index (κ2) is 6.84. The largest absolute Gasteiger partial charge is 0.438 e. The van der Waals surface area contributed by atoms with Gasteiger partial charge < -0.3 is 4.74 Å². The normalized spacial score (nSPS) is 10.7. The first-order chi connectivity index (χ1) is 13.1. The molecule has 4 aromatic rings. The zero-order valence-electron chi connectivity index (χ0n) is 14.5. The van der Waals surface area contributed by atoms with Crippen molar-refractivity contribution in [2.75, 3.05) is 0 Å². The SMILES string of the molecule is Cc1ccccc1-c1nc(Oc2ccc([N+](=O)[O-])cc2)c2ccccc2n1. The van der Waals surface area contributed by atoms with E-state index in [2.05, 4.69) is 9.97 Å². The van der Waals surface area contributed by atoms with Crippen molar-refractivity contribution in [1.82, 2.24) is 9.97 Å². The molecular formula is C21H15N3O3. The molecule has 0 N–H and O–H groups in total. The minimum atomic E-state index is -0.444. The maximum absolute atomic E-state index is 10.8. The number of para-hydroxylation sites is 1. The molecule has 0 fully saturated rings. The lowest BCUT2D eigenvalue weighted by molar-refractivity contribution is -0.384. The fourth-order valence-electron chi connectivity index (χ4n) is 2.82. The molecule has 0 aliphatic heterocycles. The monoisotopic (exact) mass is 357 g/mol. The first-order valence-electron chi connectivity index (χ1n) is 8.37. The summed E-state index contributed by atoms with van der Waals surface area (Å²) in [5, 5.41) is 11.6. The number of hydrogen-bond donors (Lipinski definition) is 0. The molecule has 0 spiro atoms. The van der Waals surface area contributed by atoms with Crippen molar-refractivity contribution in [2.45, 2.75) is 6.92 Å². The van der Waals surface area contributed by atoms with Gasteiger partial charge in [0.25, 0.3) is 5.69 Å². The summed E-state index contributed by atoms with van der Waals surface area (Å²) in [6.07, 6.45) is 0. The standard InChI is InChI=1S/C21H15N3O3/c1-14-6-2-3-7-17(14)20-22-19-9-5-4-8-18(19)21(23-20)27-16-12-10-15(11-13-16)24(25)26/h2-13H,1H3. The molecule has 1 heterocycles. The predicted molar refractivity (Wildman–Crippen MR) is 103 cm³/mol. The highest BCUT2D eigenvalue weighted by atomic mass is 16.6. The fraction of sp³-hybridized carbons (Fsp3) is 0.0476. The highest BCUT2D eigenvalue weighted by Crippen LogP contribution is 2.31. The van der Waals surface area contributed by atoms with Crippen molar-refractivity contribution < 1.29 is 9.66 Å². The van der Waals surface area contributed by atoms with Crippen LogP contribution in [0.15, 0.2) is 72.8 Å². The van der Waals surface area contributed by atoms with Crippen LogP contribution in [0.4, 0.5) is 5.69 Å². The van der Waals surface area contributed by atoms with Gasteiger partial charge in [-0.15, -0.1) is 0 Å². The van der Waals surface area contributed by atoms with Gasteiger partial charge >= 0.3 is 0 Å². The van der Waals surface area contributed by atoms with Gasteiger partial charge in [0.05, 0.1) is 15.8 Å². The molecule has 1 aromatic heterocycles. The number of fused-ring (bicyclic) bond motifs is 1. The molecule has 0 radical (unpaired) electrons. The summed E-state index contributed by atoms with van der Waals surface area (Å²) in [4.78, 5) is 19.7. The summed E-state index contributed by atoms with van der Waals surface area (Å²) in [7, 11) is 0. The van der Waals surface area contributed by atoms with Gasteiger partial charge in [0.15, 0.2) is 5.82 Å². The van der Waals surface area contributed by atoms with Crippen LogP contribution in [0.25, 0.3) is 22.3 Å².